The van der Waals surface area contributed by atoms with Gasteiger partial charge >= 0.3 is 0 Å². The summed E-state index contributed by atoms with van der Waals surface area (Å²) in [4.78, 5) is 2.51. The molecule has 0 heterocycles. The van der Waals surface area contributed by atoms with Gasteiger partial charge in [0.05, 0.1) is 0 Å². The molecule has 0 aliphatic heterocycles. The van der Waals surface area contributed by atoms with Crippen molar-refractivity contribution in [2.75, 3.05) is 13.6 Å². The first kappa shape index (κ1) is 12.6. The Balaban J connectivity index is 1.83. The Morgan fingerprint density at radius 3 is 2.71 bits per heavy atom. The monoisotopic (exact) mass is 232 g/mol. The summed E-state index contributed by atoms with van der Waals surface area (Å²) in [5.41, 5.74) is 1.42. The highest BCUT2D eigenvalue weighted by atomic mass is 15.1. The molecule has 1 aromatic rings. The zero-order valence-electron chi connectivity index (χ0n) is 11.0. The average Bonchev–Trinajstić information content (AvgIpc) is 2.79. The minimum atomic E-state index is 0.739. The lowest BCUT2D eigenvalue weighted by atomic mass is 10.1. The Morgan fingerprint density at radius 2 is 2.00 bits per heavy atom. The fourth-order valence-electron chi connectivity index (χ4n) is 2.83. The van der Waals surface area contributed by atoms with Crippen molar-refractivity contribution in [2.24, 2.45) is 0 Å². The van der Waals surface area contributed by atoms with Gasteiger partial charge < -0.3 is 5.32 Å². The first-order chi connectivity index (χ1) is 8.29. The lowest BCUT2D eigenvalue weighted by Crippen LogP contribution is -2.32. The van der Waals surface area contributed by atoms with Crippen molar-refractivity contribution in [2.45, 2.75) is 44.8 Å². The van der Waals surface area contributed by atoms with Gasteiger partial charge in [-0.05, 0) is 38.4 Å². The van der Waals surface area contributed by atoms with E-state index in [0.717, 1.165) is 25.2 Å². The summed E-state index contributed by atoms with van der Waals surface area (Å²) in [6.45, 7) is 4.37. The van der Waals surface area contributed by atoms with Crippen LogP contribution in [0.15, 0.2) is 30.3 Å². The molecule has 2 atom stereocenters. The van der Waals surface area contributed by atoms with Crippen molar-refractivity contribution in [1.82, 2.24) is 10.2 Å². The van der Waals surface area contributed by atoms with E-state index in [1.165, 1.54) is 24.8 Å². The van der Waals surface area contributed by atoms with Crippen LogP contribution in [0, 0.1) is 0 Å². The summed E-state index contributed by atoms with van der Waals surface area (Å²) < 4.78 is 0. The normalized spacial score (nSPS) is 24.4. The van der Waals surface area contributed by atoms with E-state index >= 15 is 0 Å². The van der Waals surface area contributed by atoms with Crippen LogP contribution in [0.4, 0.5) is 0 Å². The summed E-state index contributed by atoms with van der Waals surface area (Å²) in [6.07, 6.45) is 3.97. The van der Waals surface area contributed by atoms with Crippen LogP contribution in [0.3, 0.4) is 0 Å². The number of benzene rings is 1. The van der Waals surface area contributed by atoms with Gasteiger partial charge in [0.1, 0.15) is 0 Å². The van der Waals surface area contributed by atoms with Crippen molar-refractivity contribution in [3.63, 3.8) is 0 Å². The molecular formula is C15H24N2. The van der Waals surface area contributed by atoms with Crippen molar-refractivity contribution < 1.29 is 0 Å². The molecular weight excluding hydrogens is 208 g/mol. The second-order valence-electron chi connectivity index (χ2n) is 5.12. The van der Waals surface area contributed by atoms with Crippen LogP contribution >= 0.6 is 0 Å². The predicted octanol–water partition coefficient (Wildman–Crippen LogP) is 2.65. The molecule has 0 amide bonds. The number of hydrogen-bond acceptors (Lipinski definition) is 2. The predicted molar refractivity (Wildman–Crippen MR) is 73.0 cm³/mol. The molecule has 1 aliphatic carbocycles. The maximum atomic E-state index is 3.57. The van der Waals surface area contributed by atoms with E-state index in [4.69, 9.17) is 0 Å². The van der Waals surface area contributed by atoms with Crippen molar-refractivity contribution in [3.8, 4) is 0 Å². The van der Waals surface area contributed by atoms with Crippen LogP contribution in [0.25, 0.3) is 0 Å². The minimum absolute atomic E-state index is 0.739. The molecule has 1 aromatic carbocycles. The molecule has 2 unspecified atom stereocenters. The summed E-state index contributed by atoms with van der Waals surface area (Å²) in [6, 6.07) is 12.3. The molecule has 0 spiro atoms. The van der Waals surface area contributed by atoms with Crippen LogP contribution in [-0.4, -0.2) is 30.6 Å². The quantitative estimate of drug-likeness (QED) is 0.839. The molecule has 1 fully saturated rings. The molecule has 2 heteroatoms. The van der Waals surface area contributed by atoms with Crippen LogP contribution in [0.2, 0.25) is 0 Å². The van der Waals surface area contributed by atoms with Crippen molar-refractivity contribution in [1.29, 1.82) is 0 Å². The van der Waals surface area contributed by atoms with Crippen molar-refractivity contribution in [3.05, 3.63) is 35.9 Å². The Hall–Kier alpha value is -0.860. The molecule has 0 saturated heterocycles. The second-order valence-corrected chi connectivity index (χ2v) is 5.12. The van der Waals surface area contributed by atoms with E-state index in [0.29, 0.717) is 0 Å². The van der Waals surface area contributed by atoms with E-state index in [-0.39, 0.29) is 0 Å². The van der Waals surface area contributed by atoms with E-state index in [1.807, 2.05) is 0 Å². The molecule has 17 heavy (non-hydrogen) atoms. The number of hydrogen-bond donors (Lipinski definition) is 1. The maximum absolute atomic E-state index is 3.57. The molecule has 94 valence electrons. The minimum Gasteiger partial charge on any atom is -0.314 e. The summed E-state index contributed by atoms with van der Waals surface area (Å²) in [5, 5.41) is 3.57. The summed E-state index contributed by atoms with van der Waals surface area (Å²) in [7, 11) is 2.26. The molecule has 2 nitrogen and oxygen atoms in total. The van der Waals surface area contributed by atoms with Gasteiger partial charge in [0.15, 0.2) is 0 Å². The topological polar surface area (TPSA) is 15.3 Å². The SMILES string of the molecule is CCNC1CCC(N(C)Cc2ccccc2)C1. The Morgan fingerprint density at radius 1 is 1.24 bits per heavy atom. The van der Waals surface area contributed by atoms with E-state index < -0.39 is 0 Å². The van der Waals surface area contributed by atoms with Crippen LogP contribution in [0.1, 0.15) is 31.7 Å². The fourth-order valence-corrected chi connectivity index (χ4v) is 2.83. The van der Waals surface area contributed by atoms with Gasteiger partial charge in [0.25, 0.3) is 0 Å². The third-order valence-corrected chi connectivity index (χ3v) is 3.80. The number of nitrogens with one attached hydrogen (secondary N) is 1. The van der Waals surface area contributed by atoms with E-state index in [9.17, 15) is 0 Å². The highest BCUT2D eigenvalue weighted by molar-refractivity contribution is 5.14. The first-order valence-corrected chi connectivity index (χ1v) is 6.77. The summed E-state index contributed by atoms with van der Waals surface area (Å²) >= 11 is 0. The van der Waals surface area contributed by atoms with E-state index in [2.05, 4.69) is 54.5 Å². The van der Waals surface area contributed by atoms with Gasteiger partial charge in [-0.25, -0.2) is 0 Å². The zero-order chi connectivity index (χ0) is 12.1. The molecule has 0 radical (unpaired) electrons. The van der Waals surface area contributed by atoms with Gasteiger partial charge in [-0.3, -0.25) is 4.90 Å². The maximum Gasteiger partial charge on any atom is 0.0233 e. The fraction of sp³-hybridized carbons (Fsp3) is 0.600. The van der Waals surface area contributed by atoms with Gasteiger partial charge in [-0.15, -0.1) is 0 Å². The van der Waals surface area contributed by atoms with Gasteiger partial charge in [-0.2, -0.15) is 0 Å². The highest BCUT2D eigenvalue weighted by Gasteiger charge is 2.26. The van der Waals surface area contributed by atoms with Gasteiger partial charge in [-0.1, -0.05) is 37.3 Å². The lowest BCUT2D eigenvalue weighted by Gasteiger charge is -2.24. The average molecular weight is 232 g/mol. The number of nitrogens with zero attached hydrogens (tertiary/aromatic N) is 1. The Bertz CT molecular complexity index is 323. The summed E-state index contributed by atoms with van der Waals surface area (Å²) in [5.74, 6) is 0. The Labute approximate surface area is 105 Å². The van der Waals surface area contributed by atoms with Crippen LogP contribution in [-0.2, 0) is 6.54 Å². The third kappa shape index (κ3) is 3.55. The molecule has 0 aromatic heterocycles. The van der Waals surface area contributed by atoms with Gasteiger partial charge in [0, 0.05) is 18.6 Å². The lowest BCUT2D eigenvalue weighted by molar-refractivity contribution is 0.234. The van der Waals surface area contributed by atoms with Crippen molar-refractivity contribution >= 4 is 0 Å². The van der Waals surface area contributed by atoms with Crippen LogP contribution in [0.5, 0.6) is 0 Å². The standard InChI is InChI=1S/C15H24N2/c1-3-16-14-9-10-15(11-14)17(2)12-13-7-5-4-6-8-13/h4-8,14-16H,3,9-12H2,1-2H3. The van der Waals surface area contributed by atoms with E-state index in [1.54, 1.807) is 0 Å². The molecule has 1 N–H and O–H groups in total. The number of rotatable bonds is 5. The highest BCUT2D eigenvalue weighted by Crippen LogP contribution is 2.24. The smallest absolute Gasteiger partial charge is 0.0233 e. The molecule has 1 saturated carbocycles. The van der Waals surface area contributed by atoms with Crippen LogP contribution < -0.4 is 5.32 Å². The Kier molecular flexibility index (Phi) is 4.57. The molecule has 2 rings (SSSR count). The third-order valence-electron chi connectivity index (χ3n) is 3.80. The second kappa shape index (κ2) is 6.18. The largest absolute Gasteiger partial charge is 0.314 e. The zero-order valence-corrected chi connectivity index (χ0v) is 11.0. The van der Waals surface area contributed by atoms with Gasteiger partial charge in [0.2, 0.25) is 0 Å². The molecule has 1 aliphatic rings. The molecule has 0 bridgehead atoms. The first-order valence-electron chi connectivity index (χ1n) is 6.77.